The molecule has 2 amide bonds. The number of hydrogen-bond acceptors (Lipinski definition) is 6. The summed E-state index contributed by atoms with van der Waals surface area (Å²) >= 11 is 2.55. The van der Waals surface area contributed by atoms with Crippen LogP contribution in [0.25, 0.3) is 0 Å². The van der Waals surface area contributed by atoms with E-state index in [1.807, 2.05) is 36.6 Å². The molecule has 0 spiro atoms. The summed E-state index contributed by atoms with van der Waals surface area (Å²) in [4.78, 5) is 38.7. The van der Waals surface area contributed by atoms with Crippen molar-refractivity contribution in [2.24, 2.45) is 0 Å². The van der Waals surface area contributed by atoms with Crippen LogP contribution in [0.1, 0.15) is 12.5 Å². The maximum Gasteiger partial charge on any atom is 0.302 e. The molecule has 0 aliphatic carbocycles. The highest BCUT2D eigenvalue weighted by molar-refractivity contribution is 8.01. The van der Waals surface area contributed by atoms with Crippen LogP contribution in [0.3, 0.4) is 0 Å². The monoisotopic (exact) mass is 396 g/mol. The summed E-state index contributed by atoms with van der Waals surface area (Å²) in [5.74, 6) is -0.920. The van der Waals surface area contributed by atoms with E-state index in [2.05, 4.69) is 0 Å². The van der Waals surface area contributed by atoms with Crippen LogP contribution in [0.15, 0.2) is 30.3 Å². The quantitative estimate of drug-likeness (QED) is 0.684. The van der Waals surface area contributed by atoms with E-state index in [0.29, 0.717) is 6.42 Å². The zero-order valence-electron chi connectivity index (χ0n) is 15.6. The van der Waals surface area contributed by atoms with Gasteiger partial charge in [-0.15, -0.1) is 23.5 Å². The third-order valence-electron chi connectivity index (χ3n) is 4.79. The molecule has 1 fully saturated rings. The predicted octanol–water partition coefficient (Wildman–Crippen LogP) is 1.84. The van der Waals surface area contributed by atoms with Crippen LogP contribution in [0.4, 0.5) is 0 Å². The molecule has 0 bridgehead atoms. The second-order valence-corrected chi connectivity index (χ2v) is 8.32. The number of nitrogens with zero attached hydrogens (tertiary/aromatic N) is 2. The topological polar surface area (TPSA) is 66.9 Å². The van der Waals surface area contributed by atoms with Gasteiger partial charge in [-0.2, -0.15) is 0 Å². The van der Waals surface area contributed by atoms with Crippen LogP contribution in [0, 0.1) is 0 Å². The van der Waals surface area contributed by atoms with Gasteiger partial charge in [-0.05, 0) is 18.1 Å². The average Bonchev–Trinajstić information content (AvgIpc) is 2.65. The van der Waals surface area contributed by atoms with Crippen LogP contribution in [-0.2, 0) is 25.5 Å². The van der Waals surface area contributed by atoms with Crippen molar-refractivity contribution >= 4 is 41.3 Å². The summed E-state index contributed by atoms with van der Waals surface area (Å²) in [6, 6.07) is 9.62. The van der Waals surface area contributed by atoms with E-state index in [9.17, 15) is 14.4 Å². The molecular formula is C18H24N2O4S2. The SMILES string of the molecule is CSC1(COC(C)=O)C(=O)N(C)C(Cc2ccccc2)(SC)C(=O)N1C. The lowest BCUT2D eigenvalue weighted by Crippen LogP contribution is -2.74. The van der Waals surface area contributed by atoms with E-state index in [4.69, 9.17) is 4.74 Å². The third kappa shape index (κ3) is 3.32. The van der Waals surface area contributed by atoms with E-state index in [1.165, 1.54) is 40.2 Å². The highest BCUT2D eigenvalue weighted by atomic mass is 32.2. The number of amides is 2. The number of ether oxygens (including phenoxy) is 1. The van der Waals surface area contributed by atoms with Gasteiger partial charge in [0.1, 0.15) is 6.61 Å². The molecule has 2 rings (SSSR count). The van der Waals surface area contributed by atoms with Crippen molar-refractivity contribution in [2.75, 3.05) is 33.2 Å². The van der Waals surface area contributed by atoms with Crippen LogP contribution in [-0.4, -0.2) is 70.5 Å². The lowest BCUT2D eigenvalue weighted by atomic mass is 9.98. The normalized spacial score (nSPS) is 26.2. The molecule has 0 radical (unpaired) electrons. The van der Waals surface area contributed by atoms with Gasteiger partial charge in [-0.3, -0.25) is 14.4 Å². The summed E-state index contributed by atoms with van der Waals surface area (Å²) < 4.78 is 5.13. The minimum absolute atomic E-state index is 0.176. The Labute approximate surface area is 162 Å². The Morgan fingerprint density at radius 1 is 1.00 bits per heavy atom. The van der Waals surface area contributed by atoms with Gasteiger partial charge in [0.05, 0.1) is 0 Å². The fourth-order valence-electron chi connectivity index (χ4n) is 3.14. The second kappa shape index (κ2) is 7.92. The highest BCUT2D eigenvalue weighted by Crippen LogP contribution is 2.43. The molecule has 2 unspecified atom stereocenters. The molecule has 0 N–H and O–H groups in total. The summed E-state index contributed by atoms with van der Waals surface area (Å²) in [5, 5.41) is 0. The first-order valence-electron chi connectivity index (χ1n) is 8.09. The number of esters is 1. The minimum atomic E-state index is -1.26. The molecule has 1 aliphatic rings. The summed E-state index contributed by atoms with van der Waals surface area (Å²) in [6.45, 7) is 1.11. The number of rotatable bonds is 6. The van der Waals surface area contributed by atoms with Gasteiger partial charge in [0.25, 0.3) is 11.8 Å². The predicted molar refractivity (Wildman–Crippen MR) is 105 cm³/mol. The lowest BCUT2D eigenvalue weighted by Gasteiger charge is -2.53. The van der Waals surface area contributed by atoms with Gasteiger partial charge in [0.15, 0.2) is 4.87 Å². The Morgan fingerprint density at radius 2 is 1.50 bits per heavy atom. The fraction of sp³-hybridized carbons (Fsp3) is 0.500. The van der Waals surface area contributed by atoms with E-state index >= 15 is 0 Å². The average molecular weight is 397 g/mol. The van der Waals surface area contributed by atoms with Gasteiger partial charge in [-0.25, -0.2) is 0 Å². The highest BCUT2D eigenvalue weighted by Gasteiger charge is 2.61. The van der Waals surface area contributed by atoms with E-state index in [-0.39, 0.29) is 18.4 Å². The standard InChI is InChI=1S/C18H24N2O4S2/c1-13(21)24-12-18(26-5)16(23)19(2)17(25-4,15(22)20(18)3)11-14-9-7-6-8-10-14/h6-10H,11-12H2,1-5H3. The van der Waals surface area contributed by atoms with Crippen molar-refractivity contribution in [3.05, 3.63) is 35.9 Å². The second-order valence-electron chi connectivity index (χ2n) is 6.15. The number of likely N-dealkylation sites (N-methyl/N-ethyl adjacent to an activating group) is 2. The van der Waals surface area contributed by atoms with Crippen molar-refractivity contribution < 1.29 is 19.1 Å². The molecule has 8 heteroatoms. The van der Waals surface area contributed by atoms with Gasteiger partial charge in [0.2, 0.25) is 4.87 Å². The zero-order chi connectivity index (χ0) is 19.5. The smallest absolute Gasteiger partial charge is 0.302 e. The molecule has 1 heterocycles. The van der Waals surface area contributed by atoms with E-state index in [1.54, 1.807) is 20.4 Å². The number of carbonyl (C=O) groups excluding carboxylic acids is 3. The Kier molecular flexibility index (Phi) is 6.29. The molecule has 0 aromatic heterocycles. The number of benzene rings is 1. The number of piperazine rings is 1. The molecule has 1 aliphatic heterocycles. The first kappa shape index (κ1) is 20.6. The minimum Gasteiger partial charge on any atom is -0.462 e. The summed E-state index contributed by atoms with van der Waals surface area (Å²) in [5.41, 5.74) is 0.972. The van der Waals surface area contributed by atoms with Crippen molar-refractivity contribution in [3.8, 4) is 0 Å². The summed E-state index contributed by atoms with van der Waals surface area (Å²) in [7, 11) is 3.24. The largest absolute Gasteiger partial charge is 0.462 e. The fourth-order valence-corrected chi connectivity index (χ4v) is 4.97. The van der Waals surface area contributed by atoms with Crippen LogP contribution in [0.5, 0.6) is 0 Å². The number of hydrogen-bond donors (Lipinski definition) is 0. The molecule has 26 heavy (non-hydrogen) atoms. The van der Waals surface area contributed by atoms with Crippen LogP contribution >= 0.6 is 23.5 Å². The van der Waals surface area contributed by atoms with Gasteiger partial charge in [-0.1, -0.05) is 30.3 Å². The maximum atomic E-state index is 13.4. The van der Waals surface area contributed by atoms with Crippen LogP contribution in [0.2, 0.25) is 0 Å². The first-order valence-corrected chi connectivity index (χ1v) is 10.5. The molecular weight excluding hydrogens is 372 g/mol. The van der Waals surface area contributed by atoms with E-state index < -0.39 is 15.7 Å². The Bertz CT molecular complexity index is 700. The van der Waals surface area contributed by atoms with Crippen LogP contribution < -0.4 is 0 Å². The summed E-state index contributed by atoms with van der Waals surface area (Å²) in [6.07, 6.45) is 3.97. The van der Waals surface area contributed by atoms with Crippen molar-refractivity contribution in [1.82, 2.24) is 9.80 Å². The molecule has 2 atom stereocenters. The van der Waals surface area contributed by atoms with E-state index in [0.717, 1.165) is 5.56 Å². The third-order valence-corrected chi connectivity index (χ3v) is 7.30. The van der Waals surface area contributed by atoms with Gasteiger partial charge in [0, 0.05) is 27.4 Å². The molecule has 142 valence electrons. The van der Waals surface area contributed by atoms with Crippen molar-refractivity contribution in [3.63, 3.8) is 0 Å². The lowest BCUT2D eigenvalue weighted by molar-refractivity contribution is -0.168. The van der Waals surface area contributed by atoms with Crippen molar-refractivity contribution in [2.45, 2.75) is 23.1 Å². The maximum absolute atomic E-state index is 13.4. The molecule has 6 nitrogen and oxygen atoms in total. The Balaban J connectivity index is 2.45. The number of thioether (sulfide) groups is 2. The molecule has 1 aromatic rings. The molecule has 0 saturated carbocycles. The number of carbonyl (C=O) groups is 3. The Hall–Kier alpha value is -1.67. The van der Waals surface area contributed by atoms with Gasteiger partial charge < -0.3 is 14.5 Å². The van der Waals surface area contributed by atoms with Crippen molar-refractivity contribution in [1.29, 1.82) is 0 Å². The Morgan fingerprint density at radius 3 is 2.00 bits per heavy atom. The van der Waals surface area contributed by atoms with Gasteiger partial charge >= 0.3 is 5.97 Å². The molecule has 1 aromatic carbocycles. The first-order chi connectivity index (χ1) is 12.2. The zero-order valence-corrected chi connectivity index (χ0v) is 17.3. The molecule has 1 saturated heterocycles.